The van der Waals surface area contributed by atoms with Crippen LogP contribution in [-0.2, 0) is 10.8 Å². The Morgan fingerprint density at radius 1 is 0.778 bits per heavy atom. The highest BCUT2D eigenvalue weighted by atomic mass is 14.4. The van der Waals surface area contributed by atoms with E-state index < -0.39 is 0 Å². The molecule has 1 aliphatic rings. The number of rotatable bonds is 0. The van der Waals surface area contributed by atoms with Crippen LogP contribution in [0.5, 0.6) is 0 Å². The van der Waals surface area contributed by atoms with E-state index in [0.717, 1.165) is 0 Å². The molecule has 100 valence electrons. The molecule has 1 aromatic rings. The Bertz CT molecular complexity index is 424. The predicted octanol–water partition coefficient (Wildman–Crippen LogP) is 5.51. The summed E-state index contributed by atoms with van der Waals surface area (Å²) in [5, 5.41) is 0. The second kappa shape index (κ2) is 4.72. The lowest BCUT2D eigenvalue weighted by Crippen LogP contribution is -2.25. The fourth-order valence-electron chi connectivity index (χ4n) is 3.39. The highest BCUT2D eigenvalue weighted by Gasteiger charge is 2.31. The minimum absolute atomic E-state index is 0.322. The van der Waals surface area contributed by atoms with E-state index in [9.17, 15) is 0 Å². The van der Waals surface area contributed by atoms with Crippen molar-refractivity contribution in [1.29, 1.82) is 0 Å². The van der Waals surface area contributed by atoms with Crippen LogP contribution in [0.1, 0.15) is 76.5 Å². The summed E-state index contributed by atoms with van der Waals surface area (Å²) in [5.41, 5.74) is 5.22. The lowest BCUT2D eigenvalue weighted by atomic mass is 9.71. The van der Waals surface area contributed by atoms with Crippen molar-refractivity contribution in [3.63, 3.8) is 0 Å². The molecule has 0 bridgehead atoms. The van der Waals surface area contributed by atoms with Crippen LogP contribution in [0, 0.1) is 6.92 Å². The largest absolute Gasteiger partial charge is 0.0590 e. The Labute approximate surface area is 113 Å². The van der Waals surface area contributed by atoms with Crippen molar-refractivity contribution < 1.29 is 0 Å². The highest BCUT2D eigenvalue weighted by Crippen LogP contribution is 2.41. The molecule has 0 saturated heterocycles. The quantitative estimate of drug-likeness (QED) is 0.564. The number of aryl methyl sites for hydroxylation is 1. The van der Waals surface area contributed by atoms with E-state index >= 15 is 0 Å². The minimum atomic E-state index is 0.322. The van der Waals surface area contributed by atoms with Crippen LogP contribution < -0.4 is 0 Å². The third kappa shape index (κ3) is 2.63. The van der Waals surface area contributed by atoms with Gasteiger partial charge in [-0.1, -0.05) is 70.7 Å². The van der Waals surface area contributed by atoms with E-state index in [1.807, 2.05) is 0 Å². The Balaban J connectivity index is 2.58. The first-order chi connectivity index (χ1) is 8.33. The van der Waals surface area contributed by atoms with E-state index in [0.29, 0.717) is 10.8 Å². The van der Waals surface area contributed by atoms with Gasteiger partial charge in [-0.15, -0.1) is 0 Å². The van der Waals surface area contributed by atoms with Crippen molar-refractivity contribution in [3.8, 4) is 0 Å². The molecule has 1 aliphatic carbocycles. The number of benzene rings is 1. The molecule has 0 atom stereocenters. The molecular formula is C18H28. The molecule has 0 unspecified atom stereocenters. The van der Waals surface area contributed by atoms with Gasteiger partial charge >= 0.3 is 0 Å². The molecule has 0 N–H and O–H groups in total. The van der Waals surface area contributed by atoms with Gasteiger partial charge in [-0.2, -0.15) is 0 Å². The summed E-state index contributed by atoms with van der Waals surface area (Å²) in [6, 6.07) is 7.11. The molecule has 1 aromatic carbocycles. The van der Waals surface area contributed by atoms with E-state index in [4.69, 9.17) is 0 Å². The van der Waals surface area contributed by atoms with Crippen LogP contribution in [0.4, 0.5) is 0 Å². The summed E-state index contributed by atoms with van der Waals surface area (Å²) in [7, 11) is 0. The zero-order chi connectivity index (χ0) is 13.4. The fourth-order valence-corrected chi connectivity index (χ4v) is 3.39. The smallest absolute Gasteiger partial charge is 0.0101 e. The Hall–Kier alpha value is -0.780. The average molecular weight is 244 g/mol. The normalized spacial score (nSPS) is 22.5. The lowest BCUT2D eigenvalue weighted by Gasteiger charge is -2.34. The number of hydrogen-bond acceptors (Lipinski definition) is 0. The molecule has 0 heterocycles. The van der Waals surface area contributed by atoms with Crippen molar-refractivity contribution in [2.75, 3.05) is 0 Å². The zero-order valence-corrected chi connectivity index (χ0v) is 12.8. The van der Waals surface area contributed by atoms with Crippen LogP contribution in [-0.4, -0.2) is 0 Å². The molecule has 18 heavy (non-hydrogen) atoms. The van der Waals surface area contributed by atoms with Gasteiger partial charge in [0.05, 0.1) is 0 Å². The summed E-state index contributed by atoms with van der Waals surface area (Å²) < 4.78 is 0. The van der Waals surface area contributed by atoms with Crippen molar-refractivity contribution in [3.05, 3.63) is 34.9 Å². The zero-order valence-electron chi connectivity index (χ0n) is 12.8. The lowest BCUT2D eigenvalue weighted by molar-refractivity contribution is 0.448. The van der Waals surface area contributed by atoms with Crippen molar-refractivity contribution in [1.82, 2.24) is 0 Å². The number of fused-ring (bicyclic) bond motifs is 1. The summed E-state index contributed by atoms with van der Waals surface area (Å²) in [6.45, 7) is 11.9. The van der Waals surface area contributed by atoms with Gasteiger partial charge in [0.25, 0.3) is 0 Å². The van der Waals surface area contributed by atoms with Crippen molar-refractivity contribution in [2.24, 2.45) is 0 Å². The molecule has 0 aromatic heterocycles. The standard InChI is InChI=1S/C18H28/c1-14-9-10-15-16(13-14)18(4,5)12-8-6-7-11-17(15,2)3/h9-10,13H,6-8,11-12H2,1-5H3. The Morgan fingerprint density at radius 3 is 1.94 bits per heavy atom. The maximum Gasteiger partial charge on any atom is -0.0101 e. The molecule has 0 amide bonds. The van der Waals surface area contributed by atoms with Gasteiger partial charge in [-0.25, -0.2) is 0 Å². The molecule has 2 rings (SSSR count). The van der Waals surface area contributed by atoms with E-state index in [-0.39, 0.29) is 0 Å². The second-order valence-corrected chi connectivity index (χ2v) is 7.38. The summed E-state index contributed by atoms with van der Waals surface area (Å²) in [6.07, 6.45) is 6.77. The molecule has 0 nitrogen and oxygen atoms in total. The van der Waals surface area contributed by atoms with Crippen molar-refractivity contribution >= 4 is 0 Å². The predicted molar refractivity (Wildman–Crippen MR) is 80.3 cm³/mol. The average Bonchev–Trinajstić information content (AvgIpc) is 2.30. The van der Waals surface area contributed by atoms with Crippen LogP contribution in [0.3, 0.4) is 0 Å². The van der Waals surface area contributed by atoms with Gasteiger partial charge in [0.2, 0.25) is 0 Å². The van der Waals surface area contributed by atoms with E-state index in [1.165, 1.54) is 37.7 Å². The van der Waals surface area contributed by atoms with Gasteiger partial charge in [0.1, 0.15) is 0 Å². The van der Waals surface area contributed by atoms with Gasteiger partial charge in [0.15, 0.2) is 0 Å². The molecule has 0 radical (unpaired) electrons. The second-order valence-electron chi connectivity index (χ2n) is 7.38. The summed E-state index contributed by atoms with van der Waals surface area (Å²) >= 11 is 0. The SMILES string of the molecule is Cc1ccc2c(c1)C(C)(C)CCCCCC2(C)C. The summed E-state index contributed by atoms with van der Waals surface area (Å²) in [4.78, 5) is 0. The first kappa shape index (κ1) is 13.6. The van der Waals surface area contributed by atoms with Gasteiger partial charge < -0.3 is 0 Å². The maximum absolute atomic E-state index is 2.43. The van der Waals surface area contributed by atoms with Gasteiger partial charge in [-0.05, 0) is 41.7 Å². The van der Waals surface area contributed by atoms with Crippen molar-refractivity contribution in [2.45, 2.75) is 77.6 Å². The third-order valence-electron chi connectivity index (χ3n) is 4.74. The van der Waals surface area contributed by atoms with E-state index in [1.54, 1.807) is 11.1 Å². The molecule has 0 saturated carbocycles. The third-order valence-corrected chi connectivity index (χ3v) is 4.74. The van der Waals surface area contributed by atoms with Gasteiger partial charge in [0, 0.05) is 0 Å². The number of hydrogen-bond donors (Lipinski definition) is 0. The molecule has 0 heteroatoms. The van der Waals surface area contributed by atoms with Crippen LogP contribution >= 0.6 is 0 Å². The first-order valence-electron chi connectivity index (χ1n) is 7.45. The summed E-state index contributed by atoms with van der Waals surface area (Å²) in [5.74, 6) is 0. The van der Waals surface area contributed by atoms with E-state index in [2.05, 4.69) is 52.8 Å². The van der Waals surface area contributed by atoms with Gasteiger partial charge in [-0.3, -0.25) is 0 Å². The Morgan fingerprint density at radius 2 is 1.33 bits per heavy atom. The Kier molecular flexibility index (Phi) is 3.58. The fraction of sp³-hybridized carbons (Fsp3) is 0.667. The highest BCUT2D eigenvalue weighted by molar-refractivity contribution is 5.41. The molecular weight excluding hydrogens is 216 g/mol. The molecule has 0 fully saturated rings. The molecule has 0 spiro atoms. The monoisotopic (exact) mass is 244 g/mol. The maximum atomic E-state index is 2.43. The van der Waals surface area contributed by atoms with Crippen LogP contribution in [0.25, 0.3) is 0 Å². The van der Waals surface area contributed by atoms with Crippen LogP contribution in [0.2, 0.25) is 0 Å². The molecule has 0 aliphatic heterocycles. The first-order valence-corrected chi connectivity index (χ1v) is 7.45. The van der Waals surface area contributed by atoms with Crippen LogP contribution in [0.15, 0.2) is 18.2 Å². The topological polar surface area (TPSA) is 0 Å². The minimum Gasteiger partial charge on any atom is -0.0590 e.